The van der Waals surface area contributed by atoms with Crippen LogP contribution >= 0.6 is 0 Å². The van der Waals surface area contributed by atoms with Crippen molar-refractivity contribution in [2.45, 2.75) is 66.3 Å². The zero-order valence-electron chi connectivity index (χ0n) is 14.1. The van der Waals surface area contributed by atoms with Crippen LogP contribution in [0.25, 0.3) is 0 Å². The molecule has 0 amide bonds. The standard InChI is InChI=1S/C17H36N2/c1-13(2)9-17(12-18,10-14(3)4)19-8-7-16(11-19)15(5)6/h13-16H,7-12,18H2,1-6H3. The van der Waals surface area contributed by atoms with Gasteiger partial charge >= 0.3 is 0 Å². The van der Waals surface area contributed by atoms with Crippen LogP contribution in [-0.4, -0.2) is 30.1 Å². The molecule has 0 saturated carbocycles. The van der Waals surface area contributed by atoms with Crippen LogP contribution in [0.5, 0.6) is 0 Å². The number of hydrogen-bond acceptors (Lipinski definition) is 2. The fourth-order valence-electron chi connectivity index (χ4n) is 3.92. The summed E-state index contributed by atoms with van der Waals surface area (Å²) in [6.07, 6.45) is 3.84. The number of hydrogen-bond donors (Lipinski definition) is 1. The molecule has 1 saturated heterocycles. The van der Waals surface area contributed by atoms with E-state index in [1.54, 1.807) is 0 Å². The first-order chi connectivity index (χ1) is 8.80. The third kappa shape index (κ3) is 4.46. The quantitative estimate of drug-likeness (QED) is 0.762. The van der Waals surface area contributed by atoms with Crippen molar-refractivity contribution in [3.8, 4) is 0 Å². The van der Waals surface area contributed by atoms with Gasteiger partial charge in [0, 0.05) is 18.6 Å². The van der Waals surface area contributed by atoms with Gasteiger partial charge in [0.1, 0.15) is 0 Å². The molecular weight excluding hydrogens is 232 g/mol. The highest BCUT2D eigenvalue weighted by Crippen LogP contribution is 2.36. The fraction of sp³-hybridized carbons (Fsp3) is 1.00. The first-order valence-electron chi connectivity index (χ1n) is 8.26. The molecule has 2 nitrogen and oxygen atoms in total. The first kappa shape index (κ1) is 17.0. The third-order valence-corrected chi connectivity index (χ3v) is 4.79. The Bertz CT molecular complexity index is 248. The molecular formula is C17H36N2. The second-order valence-corrected chi connectivity index (χ2v) is 7.86. The fourth-order valence-corrected chi connectivity index (χ4v) is 3.92. The summed E-state index contributed by atoms with van der Waals surface area (Å²) in [7, 11) is 0. The summed E-state index contributed by atoms with van der Waals surface area (Å²) in [6, 6.07) is 0. The predicted octanol–water partition coefficient (Wildman–Crippen LogP) is 3.75. The largest absolute Gasteiger partial charge is 0.329 e. The van der Waals surface area contributed by atoms with E-state index in [4.69, 9.17) is 5.73 Å². The van der Waals surface area contributed by atoms with E-state index in [1.165, 1.54) is 32.4 Å². The average Bonchev–Trinajstić information content (AvgIpc) is 2.76. The van der Waals surface area contributed by atoms with Crippen molar-refractivity contribution in [1.82, 2.24) is 4.90 Å². The molecule has 2 N–H and O–H groups in total. The third-order valence-electron chi connectivity index (χ3n) is 4.79. The summed E-state index contributed by atoms with van der Waals surface area (Å²) in [5.74, 6) is 3.12. The predicted molar refractivity (Wildman–Crippen MR) is 85.2 cm³/mol. The van der Waals surface area contributed by atoms with Gasteiger partial charge in [-0.1, -0.05) is 41.5 Å². The second kappa shape index (κ2) is 7.08. The van der Waals surface area contributed by atoms with Crippen LogP contribution in [0, 0.1) is 23.7 Å². The number of nitrogens with two attached hydrogens (primary N) is 1. The van der Waals surface area contributed by atoms with Gasteiger partial charge in [0.15, 0.2) is 0 Å². The lowest BCUT2D eigenvalue weighted by atomic mass is 9.80. The molecule has 1 atom stereocenters. The molecule has 114 valence electrons. The normalized spacial score (nSPS) is 22.1. The van der Waals surface area contributed by atoms with E-state index in [-0.39, 0.29) is 5.54 Å². The van der Waals surface area contributed by atoms with Crippen LogP contribution in [0.1, 0.15) is 60.8 Å². The SMILES string of the molecule is CC(C)CC(CN)(CC(C)C)N1CCC(C(C)C)C1. The zero-order valence-corrected chi connectivity index (χ0v) is 14.1. The Kier molecular flexibility index (Phi) is 6.32. The lowest BCUT2D eigenvalue weighted by Crippen LogP contribution is -2.54. The number of rotatable bonds is 7. The molecule has 1 rings (SSSR count). The van der Waals surface area contributed by atoms with E-state index in [0.717, 1.165) is 30.2 Å². The van der Waals surface area contributed by atoms with Gasteiger partial charge in [-0.15, -0.1) is 0 Å². The highest BCUT2D eigenvalue weighted by atomic mass is 15.2. The lowest BCUT2D eigenvalue weighted by molar-refractivity contribution is 0.0704. The van der Waals surface area contributed by atoms with Gasteiger partial charge in [-0.3, -0.25) is 4.90 Å². The molecule has 0 bridgehead atoms. The highest BCUT2D eigenvalue weighted by Gasteiger charge is 2.40. The molecule has 0 aliphatic carbocycles. The summed E-state index contributed by atoms with van der Waals surface area (Å²) >= 11 is 0. The Morgan fingerprint density at radius 2 is 1.58 bits per heavy atom. The molecule has 1 fully saturated rings. The molecule has 1 heterocycles. The minimum atomic E-state index is 0.242. The highest BCUT2D eigenvalue weighted by molar-refractivity contribution is 4.97. The molecule has 19 heavy (non-hydrogen) atoms. The van der Waals surface area contributed by atoms with E-state index < -0.39 is 0 Å². The van der Waals surface area contributed by atoms with Gasteiger partial charge in [-0.25, -0.2) is 0 Å². The summed E-state index contributed by atoms with van der Waals surface area (Å²) in [4.78, 5) is 2.73. The molecule has 0 aromatic rings. The van der Waals surface area contributed by atoms with Gasteiger partial charge in [0.05, 0.1) is 0 Å². The van der Waals surface area contributed by atoms with Crippen molar-refractivity contribution < 1.29 is 0 Å². The topological polar surface area (TPSA) is 29.3 Å². The van der Waals surface area contributed by atoms with Gasteiger partial charge in [-0.2, -0.15) is 0 Å². The first-order valence-corrected chi connectivity index (χ1v) is 8.26. The van der Waals surface area contributed by atoms with E-state index in [0.29, 0.717) is 0 Å². The number of nitrogens with zero attached hydrogens (tertiary/aromatic N) is 1. The van der Waals surface area contributed by atoms with Gasteiger partial charge in [-0.05, 0) is 49.5 Å². The van der Waals surface area contributed by atoms with Gasteiger partial charge < -0.3 is 5.73 Å². The van der Waals surface area contributed by atoms with Crippen molar-refractivity contribution in [3.63, 3.8) is 0 Å². The number of likely N-dealkylation sites (tertiary alicyclic amines) is 1. The maximum absolute atomic E-state index is 6.26. The minimum absolute atomic E-state index is 0.242. The van der Waals surface area contributed by atoms with Crippen molar-refractivity contribution in [2.75, 3.05) is 19.6 Å². The van der Waals surface area contributed by atoms with Crippen molar-refractivity contribution >= 4 is 0 Å². The summed E-state index contributed by atoms with van der Waals surface area (Å²) in [5.41, 5.74) is 6.51. The van der Waals surface area contributed by atoms with Crippen LogP contribution in [-0.2, 0) is 0 Å². The van der Waals surface area contributed by atoms with Crippen molar-refractivity contribution in [1.29, 1.82) is 0 Å². The molecule has 0 aromatic carbocycles. The van der Waals surface area contributed by atoms with Crippen LogP contribution < -0.4 is 5.73 Å². The Morgan fingerprint density at radius 3 is 1.89 bits per heavy atom. The van der Waals surface area contributed by atoms with E-state index in [2.05, 4.69) is 46.4 Å². The monoisotopic (exact) mass is 268 g/mol. The molecule has 1 aliphatic rings. The maximum Gasteiger partial charge on any atom is 0.0336 e. The van der Waals surface area contributed by atoms with Gasteiger partial charge in [0.25, 0.3) is 0 Å². The molecule has 1 unspecified atom stereocenters. The molecule has 0 aromatic heterocycles. The van der Waals surface area contributed by atoms with Crippen molar-refractivity contribution in [2.24, 2.45) is 29.4 Å². The van der Waals surface area contributed by atoms with E-state index in [1.807, 2.05) is 0 Å². The lowest BCUT2D eigenvalue weighted by Gasteiger charge is -2.44. The zero-order chi connectivity index (χ0) is 14.6. The van der Waals surface area contributed by atoms with Crippen LogP contribution in [0.15, 0.2) is 0 Å². The Labute approximate surface area is 121 Å². The van der Waals surface area contributed by atoms with E-state index >= 15 is 0 Å². The van der Waals surface area contributed by atoms with Crippen LogP contribution in [0.3, 0.4) is 0 Å². The van der Waals surface area contributed by atoms with Gasteiger partial charge in [0.2, 0.25) is 0 Å². The average molecular weight is 268 g/mol. The molecule has 2 heteroatoms. The van der Waals surface area contributed by atoms with Crippen molar-refractivity contribution in [3.05, 3.63) is 0 Å². The smallest absolute Gasteiger partial charge is 0.0336 e. The van der Waals surface area contributed by atoms with Crippen LogP contribution in [0.2, 0.25) is 0 Å². The van der Waals surface area contributed by atoms with E-state index in [9.17, 15) is 0 Å². The maximum atomic E-state index is 6.26. The Balaban J connectivity index is 2.83. The summed E-state index contributed by atoms with van der Waals surface area (Å²) in [6.45, 7) is 17.4. The summed E-state index contributed by atoms with van der Waals surface area (Å²) < 4.78 is 0. The second-order valence-electron chi connectivity index (χ2n) is 7.86. The molecule has 0 radical (unpaired) electrons. The molecule has 0 spiro atoms. The molecule has 1 aliphatic heterocycles. The Morgan fingerprint density at radius 1 is 1.05 bits per heavy atom. The Hall–Kier alpha value is -0.0800. The summed E-state index contributed by atoms with van der Waals surface area (Å²) in [5, 5.41) is 0. The van der Waals surface area contributed by atoms with Crippen LogP contribution in [0.4, 0.5) is 0 Å². The minimum Gasteiger partial charge on any atom is -0.329 e.